The van der Waals surface area contributed by atoms with E-state index in [9.17, 15) is 9.90 Å². The number of hydrogen-bond donors (Lipinski definition) is 3. The van der Waals surface area contributed by atoms with Crippen LogP contribution in [-0.4, -0.2) is 46.6 Å². The molecule has 8 heteroatoms. The molecule has 1 atom stereocenters. The molecule has 1 aliphatic rings. The lowest BCUT2D eigenvalue weighted by molar-refractivity contribution is 0.0334. The van der Waals surface area contributed by atoms with Crippen LogP contribution >= 0.6 is 0 Å². The Kier molecular flexibility index (Phi) is 5.37. The van der Waals surface area contributed by atoms with E-state index in [2.05, 4.69) is 9.97 Å². The van der Waals surface area contributed by atoms with Gasteiger partial charge < -0.3 is 24.5 Å². The van der Waals surface area contributed by atoms with Crippen molar-refractivity contribution < 1.29 is 19.4 Å². The van der Waals surface area contributed by atoms with Gasteiger partial charge in [-0.15, -0.1) is 0 Å². The number of aromatic nitrogens is 2. The van der Waals surface area contributed by atoms with E-state index in [1.807, 2.05) is 26.0 Å². The number of anilines is 1. The lowest BCUT2D eigenvalue weighted by Crippen LogP contribution is -2.26. The van der Waals surface area contributed by atoms with Crippen molar-refractivity contribution in [3.63, 3.8) is 0 Å². The van der Waals surface area contributed by atoms with E-state index < -0.39 is 5.97 Å². The van der Waals surface area contributed by atoms with Crippen molar-refractivity contribution in [3.8, 4) is 5.75 Å². The Bertz CT molecular complexity index is 1200. The summed E-state index contributed by atoms with van der Waals surface area (Å²) in [5.74, 6) is 0.802. The molecule has 3 aromatic rings. The van der Waals surface area contributed by atoms with Crippen LogP contribution in [0.1, 0.15) is 36.5 Å². The molecule has 8 nitrogen and oxygen atoms in total. The van der Waals surface area contributed by atoms with Crippen molar-refractivity contribution in [2.45, 2.75) is 26.4 Å². The number of amidine groups is 1. The number of esters is 1. The number of aliphatic hydroxyl groups excluding tert-OH is 1. The number of carbonyl (C=O) groups excluding carboxylic acids is 1. The monoisotopic (exact) mass is 420 g/mol. The van der Waals surface area contributed by atoms with Gasteiger partial charge in [0.25, 0.3) is 0 Å². The number of H-pyrrole nitrogens is 1. The number of carbonyl (C=O) groups is 1. The Morgan fingerprint density at radius 2 is 2.13 bits per heavy atom. The third-order valence-electron chi connectivity index (χ3n) is 5.31. The molecule has 0 saturated heterocycles. The highest BCUT2D eigenvalue weighted by atomic mass is 16.5. The minimum atomic E-state index is -0.412. The molecule has 4 rings (SSSR count). The number of benzene rings is 2. The van der Waals surface area contributed by atoms with Gasteiger partial charge in [-0.25, -0.2) is 9.78 Å². The van der Waals surface area contributed by atoms with Crippen molar-refractivity contribution in [1.29, 1.82) is 5.41 Å². The van der Waals surface area contributed by atoms with Gasteiger partial charge in [0.2, 0.25) is 0 Å². The SMILES string of the molecule is CCC(C)OC(=O)c1cccc(N2CC(O)=C(c3nc4ccc(OC)cc4[nH]3)C2=N)c1. The molecule has 31 heavy (non-hydrogen) atoms. The second-order valence-electron chi connectivity index (χ2n) is 7.40. The highest BCUT2D eigenvalue weighted by Crippen LogP contribution is 2.32. The third kappa shape index (κ3) is 3.84. The smallest absolute Gasteiger partial charge is 0.338 e. The minimum absolute atomic E-state index is 0.0311. The van der Waals surface area contributed by atoms with Gasteiger partial charge in [-0.3, -0.25) is 5.41 Å². The highest BCUT2D eigenvalue weighted by molar-refractivity contribution is 6.30. The lowest BCUT2D eigenvalue weighted by atomic mass is 10.1. The van der Waals surface area contributed by atoms with E-state index >= 15 is 0 Å². The molecule has 0 spiro atoms. The Labute approximate surface area is 179 Å². The fourth-order valence-corrected chi connectivity index (χ4v) is 3.42. The molecule has 160 valence electrons. The number of nitrogens with zero attached hydrogens (tertiary/aromatic N) is 2. The Morgan fingerprint density at radius 3 is 2.87 bits per heavy atom. The molecule has 0 bridgehead atoms. The molecule has 0 amide bonds. The first-order valence-electron chi connectivity index (χ1n) is 10.0. The van der Waals surface area contributed by atoms with Crippen LogP contribution in [-0.2, 0) is 4.74 Å². The summed E-state index contributed by atoms with van der Waals surface area (Å²) in [4.78, 5) is 21.7. The number of nitrogens with one attached hydrogen (secondary N) is 2. The van der Waals surface area contributed by atoms with Crippen LogP contribution in [0.2, 0.25) is 0 Å². The molecule has 1 aliphatic heterocycles. The van der Waals surface area contributed by atoms with Gasteiger partial charge in [0.05, 0.1) is 41.9 Å². The second kappa shape index (κ2) is 8.14. The van der Waals surface area contributed by atoms with Crippen molar-refractivity contribution in [2.24, 2.45) is 0 Å². The number of aliphatic hydroxyl groups is 1. The predicted octanol–water partition coefficient (Wildman–Crippen LogP) is 4.29. The van der Waals surface area contributed by atoms with E-state index in [-0.39, 0.29) is 24.2 Å². The molecule has 0 fully saturated rings. The number of hydrogen-bond acceptors (Lipinski definition) is 6. The molecule has 0 saturated carbocycles. The van der Waals surface area contributed by atoms with Gasteiger partial charge in [0, 0.05) is 11.8 Å². The number of fused-ring (bicyclic) bond motifs is 1. The molecular weight excluding hydrogens is 396 g/mol. The second-order valence-corrected chi connectivity index (χ2v) is 7.40. The van der Waals surface area contributed by atoms with Crippen LogP contribution in [0.25, 0.3) is 16.6 Å². The average Bonchev–Trinajstić information content (AvgIpc) is 3.32. The van der Waals surface area contributed by atoms with E-state index in [4.69, 9.17) is 14.9 Å². The van der Waals surface area contributed by atoms with Gasteiger partial charge in [-0.2, -0.15) is 0 Å². The number of ether oxygens (including phenoxy) is 2. The normalized spacial score (nSPS) is 14.9. The summed E-state index contributed by atoms with van der Waals surface area (Å²) in [6.07, 6.45) is 0.553. The van der Waals surface area contributed by atoms with Gasteiger partial charge >= 0.3 is 5.97 Å². The van der Waals surface area contributed by atoms with Gasteiger partial charge in [0.15, 0.2) is 0 Å². The fourth-order valence-electron chi connectivity index (χ4n) is 3.42. The summed E-state index contributed by atoms with van der Waals surface area (Å²) in [6, 6.07) is 12.3. The van der Waals surface area contributed by atoms with E-state index in [1.165, 1.54) is 0 Å². The highest BCUT2D eigenvalue weighted by Gasteiger charge is 2.31. The van der Waals surface area contributed by atoms with Crippen LogP contribution in [0.4, 0.5) is 5.69 Å². The van der Waals surface area contributed by atoms with E-state index in [0.717, 1.165) is 11.9 Å². The molecule has 0 radical (unpaired) electrons. The zero-order valence-corrected chi connectivity index (χ0v) is 17.6. The Hall–Kier alpha value is -3.81. The summed E-state index contributed by atoms with van der Waals surface area (Å²) < 4.78 is 10.6. The van der Waals surface area contributed by atoms with E-state index in [0.29, 0.717) is 33.9 Å². The van der Waals surface area contributed by atoms with Gasteiger partial charge in [-0.1, -0.05) is 13.0 Å². The van der Waals surface area contributed by atoms with E-state index in [1.54, 1.807) is 42.3 Å². The molecule has 2 heterocycles. The van der Waals surface area contributed by atoms with Crippen LogP contribution in [0, 0.1) is 5.41 Å². The zero-order chi connectivity index (χ0) is 22.1. The topological polar surface area (TPSA) is 112 Å². The maximum Gasteiger partial charge on any atom is 0.338 e. The summed E-state index contributed by atoms with van der Waals surface area (Å²) in [5, 5.41) is 19.3. The lowest BCUT2D eigenvalue weighted by Gasteiger charge is -2.19. The first-order chi connectivity index (χ1) is 14.9. The Balaban J connectivity index is 1.61. The molecule has 2 aromatic carbocycles. The third-order valence-corrected chi connectivity index (χ3v) is 5.31. The fraction of sp³-hybridized carbons (Fsp3) is 0.261. The number of rotatable bonds is 6. The summed E-state index contributed by atoms with van der Waals surface area (Å²) in [7, 11) is 1.59. The predicted molar refractivity (Wildman–Crippen MR) is 119 cm³/mol. The summed E-state index contributed by atoms with van der Waals surface area (Å²) in [5.41, 5.74) is 2.79. The maximum absolute atomic E-state index is 12.4. The summed E-state index contributed by atoms with van der Waals surface area (Å²) >= 11 is 0. The van der Waals surface area contributed by atoms with Gasteiger partial charge in [0.1, 0.15) is 23.2 Å². The number of aromatic amines is 1. The zero-order valence-electron chi connectivity index (χ0n) is 17.6. The van der Waals surface area contributed by atoms with Crippen LogP contribution in [0.3, 0.4) is 0 Å². The number of methoxy groups -OCH3 is 1. The van der Waals surface area contributed by atoms with Crippen molar-refractivity contribution in [2.75, 3.05) is 18.6 Å². The van der Waals surface area contributed by atoms with Crippen LogP contribution < -0.4 is 9.64 Å². The first-order valence-corrected chi connectivity index (χ1v) is 10.0. The van der Waals surface area contributed by atoms with Crippen LogP contribution in [0.5, 0.6) is 5.75 Å². The van der Waals surface area contributed by atoms with Crippen molar-refractivity contribution >= 4 is 34.1 Å². The molecule has 0 aliphatic carbocycles. The Morgan fingerprint density at radius 1 is 1.32 bits per heavy atom. The number of imidazole rings is 1. The molecular formula is C23H24N4O4. The van der Waals surface area contributed by atoms with Crippen LogP contribution in [0.15, 0.2) is 48.2 Å². The van der Waals surface area contributed by atoms with Gasteiger partial charge in [-0.05, 0) is 43.7 Å². The standard InChI is InChI=1S/C23H24N4O4/c1-4-13(2)31-23(29)14-6-5-7-15(10-14)27-12-19(28)20(21(27)24)22-25-17-9-8-16(30-3)11-18(17)26-22/h5-11,13,24,28H,4,12H2,1-3H3,(H,25,26). The quantitative estimate of drug-likeness (QED) is 0.513. The molecule has 3 N–H and O–H groups in total. The average molecular weight is 420 g/mol. The maximum atomic E-state index is 12.4. The molecule has 1 aromatic heterocycles. The van der Waals surface area contributed by atoms with Crippen molar-refractivity contribution in [3.05, 3.63) is 59.6 Å². The van der Waals surface area contributed by atoms with Crippen molar-refractivity contribution in [1.82, 2.24) is 9.97 Å². The largest absolute Gasteiger partial charge is 0.509 e. The minimum Gasteiger partial charge on any atom is -0.509 e. The first kappa shape index (κ1) is 20.5. The summed E-state index contributed by atoms with van der Waals surface area (Å²) in [6.45, 7) is 3.90. The molecule has 1 unspecified atom stereocenters.